The van der Waals surface area contributed by atoms with E-state index < -0.39 is 5.60 Å². The van der Waals surface area contributed by atoms with Gasteiger partial charge in [-0.15, -0.1) is 0 Å². The van der Waals surface area contributed by atoms with Crippen LogP contribution >= 0.6 is 11.6 Å². The Hall–Kier alpha value is -1.46. The van der Waals surface area contributed by atoms with Gasteiger partial charge in [-0.25, -0.2) is 4.79 Å². The van der Waals surface area contributed by atoms with Crippen molar-refractivity contribution >= 4 is 17.7 Å². The van der Waals surface area contributed by atoms with Crippen molar-refractivity contribution in [2.24, 2.45) is 0 Å². The number of carbonyl (C=O) groups is 1. The number of rotatable bonds is 5. The van der Waals surface area contributed by atoms with Gasteiger partial charge in [-0.1, -0.05) is 11.6 Å². The summed E-state index contributed by atoms with van der Waals surface area (Å²) in [6.07, 6.45) is 2.53. The fourth-order valence-electron chi connectivity index (χ4n) is 2.60. The molecular formula is C17H25ClN2O3. The Bertz CT molecular complexity index is 565. The first kappa shape index (κ1) is 17.9. The molecule has 0 aromatic heterocycles. The zero-order valence-electron chi connectivity index (χ0n) is 13.9. The molecule has 0 saturated heterocycles. The number of nitrogens with one attached hydrogen (secondary N) is 2. The number of phenolic OH excluding ortho intramolecular Hbond substituents is 1. The van der Waals surface area contributed by atoms with Gasteiger partial charge in [0.05, 0.1) is 5.54 Å². The molecule has 1 saturated carbocycles. The van der Waals surface area contributed by atoms with Crippen molar-refractivity contribution in [3.05, 3.63) is 28.8 Å². The second-order valence-electron chi connectivity index (χ2n) is 7.14. The van der Waals surface area contributed by atoms with E-state index in [1.807, 2.05) is 20.8 Å². The van der Waals surface area contributed by atoms with E-state index in [-0.39, 0.29) is 17.4 Å². The van der Waals surface area contributed by atoms with Gasteiger partial charge in [0.15, 0.2) is 0 Å². The predicted octanol–water partition coefficient (Wildman–Crippen LogP) is 3.58. The number of aromatic hydroxyl groups is 1. The Morgan fingerprint density at radius 2 is 2.09 bits per heavy atom. The van der Waals surface area contributed by atoms with Crippen molar-refractivity contribution in [1.82, 2.24) is 10.6 Å². The Labute approximate surface area is 142 Å². The maximum atomic E-state index is 12.0. The highest BCUT2D eigenvalue weighted by Gasteiger charge is 2.39. The predicted molar refractivity (Wildman–Crippen MR) is 90.8 cm³/mol. The Morgan fingerprint density at radius 1 is 1.39 bits per heavy atom. The SMILES string of the molecule is CC(C)(C)OC(=O)NC1(CNCc2cc(Cl)ccc2O)CCC1. The van der Waals surface area contributed by atoms with Gasteiger partial charge >= 0.3 is 6.09 Å². The van der Waals surface area contributed by atoms with Crippen LogP contribution in [0.4, 0.5) is 4.79 Å². The first-order valence-electron chi connectivity index (χ1n) is 7.88. The van der Waals surface area contributed by atoms with Gasteiger partial charge in [0.1, 0.15) is 11.4 Å². The van der Waals surface area contributed by atoms with Crippen LogP contribution in [0.15, 0.2) is 18.2 Å². The molecular weight excluding hydrogens is 316 g/mol. The third-order valence-corrected chi connectivity index (χ3v) is 4.13. The fraction of sp³-hybridized carbons (Fsp3) is 0.588. The Kier molecular flexibility index (Phi) is 5.42. The second kappa shape index (κ2) is 6.97. The molecule has 2 rings (SSSR count). The molecule has 0 heterocycles. The minimum atomic E-state index is -0.505. The van der Waals surface area contributed by atoms with E-state index in [1.165, 1.54) is 0 Å². The third kappa shape index (κ3) is 5.29. The molecule has 1 aliphatic carbocycles. The molecule has 0 unspecified atom stereocenters. The Morgan fingerprint density at radius 3 is 2.65 bits per heavy atom. The van der Waals surface area contributed by atoms with Gasteiger partial charge in [0.2, 0.25) is 0 Å². The van der Waals surface area contributed by atoms with Crippen molar-refractivity contribution in [1.29, 1.82) is 0 Å². The molecule has 0 radical (unpaired) electrons. The van der Waals surface area contributed by atoms with Gasteiger partial charge in [-0.3, -0.25) is 0 Å². The minimum Gasteiger partial charge on any atom is -0.508 e. The number of hydrogen-bond acceptors (Lipinski definition) is 4. The summed E-state index contributed by atoms with van der Waals surface area (Å²) in [5.74, 6) is 0.213. The molecule has 1 aliphatic rings. The van der Waals surface area contributed by atoms with E-state index in [9.17, 15) is 9.90 Å². The topological polar surface area (TPSA) is 70.6 Å². The van der Waals surface area contributed by atoms with Gasteiger partial charge in [-0.05, 0) is 58.2 Å². The van der Waals surface area contributed by atoms with Crippen LogP contribution in [-0.4, -0.2) is 28.9 Å². The summed E-state index contributed by atoms with van der Waals surface area (Å²) in [5, 5.41) is 16.7. The summed E-state index contributed by atoms with van der Waals surface area (Å²) in [6, 6.07) is 4.97. The van der Waals surface area contributed by atoms with E-state index in [2.05, 4.69) is 10.6 Å². The summed E-state index contributed by atoms with van der Waals surface area (Å²) in [4.78, 5) is 12.0. The van der Waals surface area contributed by atoms with Crippen LogP contribution in [0, 0.1) is 0 Å². The lowest BCUT2D eigenvalue weighted by atomic mass is 9.76. The average molecular weight is 341 g/mol. The Balaban J connectivity index is 1.87. The van der Waals surface area contributed by atoms with Crippen molar-refractivity contribution in [3.63, 3.8) is 0 Å². The first-order chi connectivity index (χ1) is 10.7. The standard InChI is InChI=1S/C17H25ClN2O3/c1-16(2,3)23-15(22)20-17(7-4-8-17)11-19-10-12-9-13(18)5-6-14(12)21/h5-6,9,19,21H,4,7-8,10-11H2,1-3H3,(H,20,22). The third-order valence-electron chi connectivity index (χ3n) is 3.90. The normalized spacial score (nSPS) is 16.5. The van der Waals surface area contributed by atoms with E-state index in [0.29, 0.717) is 18.1 Å². The molecule has 1 amide bonds. The average Bonchev–Trinajstić information content (AvgIpc) is 2.37. The maximum absolute atomic E-state index is 12.0. The molecule has 23 heavy (non-hydrogen) atoms. The highest BCUT2D eigenvalue weighted by atomic mass is 35.5. The van der Waals surface area contributed by atoms with Crippen molar-refractivity contribution in [2.75, 3.05) is 6.54 Å². The molecule has 0 atom stereocenters. The van der Waals surface area contributed by atoms with Gasteiger partial charge in [0.25, 0.3) is 0 Å². The van der Waals surface area contributed by atoms with Gasteiger partial charge in [-0.2, -0.15) is 0 Å². The van der Waals surface area contributed by atoms with Crippen LogP contribution in [0.1, 0.15) is 45.6 Å². The highest BCUT2D eigenvalue weighted by molar-refractivity contribution is 6.30. The van der Waals surface area contributed by atoms with E-state index in [1.54, 1.807) is 18.2 Å². The number of halogens is 1. The smallest absolute Gasteiger partial charge is 0.408 e. The minimum absolute atomic E-state index is 0.213. The summed E-state index contributed by atoms with van der Waals surface area (Å²) >= 11 is 5.94. The molecule has 1 aromatic rings. The molecule has 0 spiro atoms. The van der Waals surface area contributed by atoms with E-state index in [0.717, 1.165) is 24.8 Å². The maximum Gasteiger partial charge on any atom is 0.408 e. The number of benzene rings is 1. The molecule has 5 nitrogen and oxygen atoms in total. The summed E-state index contributed by atoms with van der Waals surface area (Å²) in [7, 11) is 0. The number of phenols is 1. The summed E-state index contributed by atoms with van der Waals surface area (Å²) in [6.45, 7) is 6.66. The van der Waals surface area contributed by atoms with Crippen LogP contribution in [-0.2, 0) is 11.3 Å². The molecule has 6 heteroatoms. The number of hydrogen-bond donors (Lipinski definition) is 3. The van der Waals surface area contributed by atoms with E-state index >= 15 is 0 Å². The highest BCUT2D eigenvalue weighted by Crippen LogP contribution is 2.32. The molecule has 128 valence electrons. The van der Waals surface area contributed by atoms with Crippen LogP contribution < -0.4 is 10.6 Å². The van der Waals surface area contributed by atoms with Crippen LogP contribution in [0.5, 0.6) is 5.75 Å². The fourth-order valence-corrected chi connectivity index (χ4v) is 2.80. The zero-order valence-corrected chi connectivity index (χ0v) is 14.7. The second-order valence-corrected chi connectivity index (χ2v) is 7.57. The van der Waals surface area contributed by atoms with Crippen molar-refractivity contribution in [2.45, 2.75) is 57.7 Å². The van der Waals surface area contributed by atoms with Crippen LogP contribution in [0.3, 0.4) is 0 Å². The van der Waals surface area contributed by atoms with Crippen molar-refractivity contribution in [3.8, 4) is 5.75 Å². The summed E-state index contributed by atoms with van der Waals surface area (Å²) in [5.41, 5.74) is -0.0322. The lowest BCUT2D eigenvalue weighted by Crippen LogP contribution is -2.59. The van der Waals surface area contributed by atoms with E-state index in [4.69, 9.17) is 16.3 Å². The molecule has 1 aromatic carbocycles. The number of alkyl carbamates (subject to hydrolysis) is 1. The molecule has 3 N–H and O–H groups in total. The largest absolute Gasteiger partial charge is 0.508 e. The number of carbonyl (C=O) groups excluding carboxylic acids is 1. The number of amides is 1. The number of ether oxygens (including phenoxy) is 1. The van der Waals surface area contributed by atoms with Gasteiger partial charge in [0, 0.05) is 23.7 Å². The molecule has 0 bridgehead atoms. The summed E-state index contributed by atoms with van der Waals surface area (Å²) < 4.78 is 5.33. The zero-order chi connectivity index (χ0) is 17.1. The van der Waals surface area contributed by atoms with Crippen LogP contribution in [0.2, 0.25) is 5.02 Å². The monoisotopic (exact) mass is 340 g/mol. The quantitative estimate of drug-likeness (QED) is 0.766. The van der Waals surface area contributed by atoms with Gasteiger partial charge < -0.3 is 20.5 Å². The first-order valence-corrected chi connectivity index (χ1v) is 8.26. The van der Waals surface area contributed by atoms with Crippen LogP contribution in [0.25, 0.3) is 0 Å². The molecule has 1 fully saturated rings. The lowest BCUT2D eigenvalue weighted by Gasteiger charge is -2.42. The van der Waals surface area contributed by atoms with Crippen molar-refractivity contribution < 1.29 is 14.6 Å². The molecule has 0 aliphatic heterocycles. The lowest BCUT2D eigenvalue weighted by molar-refractivity contribution is 0.0382.